The van der Waals surface area contributed by atoms with Gasteiger partial charge in [-0.2, -0.15) is 9.29 Å². The van der Waals surface area contributed by atoms with Crippen molar-refractivity contribution in [1.29, 1.82) is 0 Å². The van der Waals surface area contributed by atoms with Gasteiger partial charge in [-0.25, -0.2) is 21.5 Å². The Hall–Kier alpha value is -1.80. The van der Waals surface area contributed by atoms with Crippen molar-refractivity contribution in [3.05, 3.63) is 29.0 Å². The first-order chi connectivity index (χ1) is 14.7. The fraction of sp³-hybridized carbons (Fsp3) is 0.556. The van der Waals surface area contributed by atoms with E-state index in [1.807, 2.05) is 24.3 Å². The number of hydrogen-bond donors (Lipinski definition) is 1. The molecule has 1 N–H and O–H groups in total. The smallest absolute Gasteiger partial charge is 0.218 e. The van der Waals surface area contributed by atoms with E-state index in [-0.39, 0.29) is 17.9 Å². The molecule has 0 bridgehead atoms. The predicted octanol–water partition coefficient (Wildman–Crippen LogP) is 0.708. The molecule has 0 radical (unpaired) electrons. The van der Waals surface area contributed by atoms with Crippen molar-refractivity contribution in [2.75, 3.05) is 44.8 Å². The summed E-state index contributed by atoms with van der Waals surface area (Å²) in [5, 5.41) is 2.38. The summed E-state index contributed by atoms with van der Waals surface area (Å²) < 4.78 is 57.7. The van der Waals surface area contributed by atoms with Gasteiger partial charge in [-0.15, -0.1) is 0 Å². The zero-order valence-corrected chi connectivity index (χ0v) is 19.5. The zero-order chi connectivity index (χ0) is 22.2. The summed E-state index contributed by atoms with van der Waals surface area (Å²) in [6, 6.07) is 7.48. The molecule has 1 unspecified atom stereocenters. The fourth-order valence-electron chi connectivity index (χ4n) is 3.86. The summed E-state index contributed by atoms with van der Waals surface area (Å²) in [5.41, 5.74) is 0.882. The molecule has 2 aliphatic heterocycles. The van der Waals surface area contributed by atoms with Crippen LogP contribution >= 0.6 is 12.2 Å². The molecule has 4 rings (SSSR count). The van der Waals surface area contributed by atoms with Crippen molar-refractivity contribution < 1.29 is 21.6 Å². The summed E-state index contributed by atoms with van der Waals surface area (Å²) in [6.45, 7) is 2.17. The Bertz CT molecular complexity index is 1200. The quantitative estimate of drug-likeness (QED) is 0.592. The summed E-state index contributed by atoms with van der Waals surface area (Å²) >= 11 is 5.37. The monoisotopic (exact) mass is 487 g/mol. The maximum Gasteiger partial charge on any atom is 0.218 e. The van der Waals surface area contributed by atoms with Gasteiger partial charge in [0, 0.05) is 31.7 Å². The number of sulfone groups is 1. The Morgan fingerprint density at radius 1 is 1.19 bits per heavy atom. The van der Waals surface area contributed by atoms with E-state index in [1.54, 1.807) is 11.8 Å². The van der Waals surface area contributed by atoms with Gasteiger partial charge in [0.15, 0.2) is 15.7 Å². The lowest BCUT2D eigenvalue weighted by Gasteiger charge is -2.35. The molecule has 1 aromatic heterocycles. The van der Waals surface area contributed by atoms with Crippen LogP contribution in [0.25, 0.3) is 11.4 Å². The van der Waals surface area contributed by atoms with Crippen LogP contribution < -0.4 is 4.74 Å². The number of aromatic amines is 1. The number of H-pyrrole nitrogens is 1. The number of nitrogens with one attached hydrogen (secondary N) is 1. The molecule has 10 nitrogen and oxygen atoms in total. The molecule has 0 amide bonds. The molecule has 31 heavy (non-hydrogen) atoms. The van der Waals surface area contributed by atoms with Crippen molar-refractivity contribution in [3.8, 4) is 17.1 Å². The Morgan fingerprint density at radius 3 is 2.45 bits per heavy atom. The highest BCUT2D eigenvalue weighted by molar-refractivity contribution is 7.95. The average Bonchev–Trinajstić information content (AvgIpc) is 3.31. The first-order valence-electron chi connectivity index (χ1n) is 9.91. The lowest BCUT2D eigenvalue weighted by Crippen LogP contribution is -2.51. The molecule has 13 heteroatoms. The minimum absolute atomic E-state index is 0.0501. The second kappa shape index (κ2) is 8.62. The highest BCUT2D eigenvalue weighted by Gasteiger charge is 2.41. The molecule has 1 atom stereocenters. The Balaban J connectivity index is 1.38. The van der Waals surface area contributed by atoms with Crippen LogP contribution in [0.3, 0.4) is 0 Å². The van der Waals surface area contributed by atoms with Gasteiger partial charge in [0.2, 0.25) is 14.8 Å². The SMILES string of the molecule is COc1ccc(-c2nc(=S)n(CN3CCN(S(=O)(=O)C4CCS(=O)(=O)C4)CC3)[nH]2)cc1. The number of rotatable bonds is 6. The molecular formula is C18H25N5O5S3. The molecular weight excluding hydrogens is 462 g/mol. The molecule has 0 saturated carbocycles. The number of sulfonamides is 1. The number of ether oxygens (including phenoxy) is 1. The second-order valence-electron chi connectivity index (χ2n) is 7.74. The maximum atomic E-state index is 12.8. The largest absolute Gasteiger partial charge is 0.497 e. The molecule has 1 aromatic carbocycles. The van der Waals surface area contributed by atoms with Crippen LogP contribution in [0, 0.1) is 4.77 Å². The van der Waals surface area contributed by atoms with Crippen LogP contribution in [0.5, 0.6) is 5.75 Å². The second-order valence-corrected chi connectivity index (χ2v) is 12.5. The van der Waals surface area contributed by atoms with Crippen molar-refractivity contribution >= 4 is 32.1 Å². The highest BCUT2D eigenvalue weighted by Crippen LogP contribution is 2.23. The topological polar surface area (TPSA) is 118 Å². The average molecular weight is 488 g/mol. The lowest BCUT2D eigenvalue weighted by molar-refractivity contribution is 0.144. The molecule has 2 aliphatic rings. The van der Waals surface area contributed by atoms with E-state index < -0.39 is 25.1 Å². The van der Waals surface area contributed by atoms with Crippen LogP contribution in [0.4, 0.5) is 0 Å². The molecule has 170 valence electrons. The number of aromatic nitrogens is 3. The molecule has 0 spiro atoms. The van der Waals surface area contributed by atoms with Crippen LogP contribution in [0.2, 0.25) is 0 Å². The van der Waals surface area contributed by atoms with E-state index in [0.717, 1.165) is 11.3 Å². The third-order valence-corrected chi connectivity index (χ3v) is 10.3. The molecule has 2 saturated heterocycles. The van der Waals surface area contributed by atoms with Gasteiger partial charge in [-0.05, 0) is 42.9 Å². The summed E-state index contributed by atoms with van der Waals surface area (Å²) in [5.74, 6) is 1.08. The third-order valence-electron chi connectivity index (χ3n) is 5.69. The first kappa shape index (κ1) is 22.4. The van der Waals surface area contributed by atoms with Gasteiger partial charge in [0.1, 0.15) is 5.75 Å². The van der Waals surface area contributed by atoms with E-state index in [2.05, 4.69) is 15.0 Å². The lowest BCUT2D eigenvalue weighted by atomic mass is 10.2. The van der Waals surface area contributed by atoms with Crippen LogP contribution in [-0.2, 0) is 26.5 Å². The van der Waals surface area contributed by atoms with Gasteiger partial charge >= 0.3 is 0 Å². The standard InChI is InChI=1S/C18H25N5O5S3/c1-28-15-4-2-14(3-5-15)17-19-18(29)23(20-17)13-21-7-9-22(10-8-21)31(26,27)16-6-11-30(24,25)12-16/h2-5,16H,6-13H2,1H3,(H,19,20,29). The summed E-state index contributed by atoms with van der Waals surface area (Å²) in [4.78, 5) is 6.50. The highest BCUT2D eigenvalue weighted by atomic mass is 32.2. The van der Waals surface area contributed by atoms with Crippen molar-refractivity contribution in [1.82, 2.24) is 24.0 Å². The van der Waals surface area contributed by atoms with Crippen LogP contribution in [0.1, 0.15) is 6.42 Å². The first-order valence-corrected chi connectivity index (χ1v) is 13.6. The minimum Gasteiger partial charge on any atom is -0.497 e. The molecule has 0 aliphatic carbocycles. The van der Waals surface area contributed by atoms with Crippen molar-refractivity contribution in [2.24, 2.45) is 0 Å². The Morgan fingerprint density at radius 2 is 1.87 bits per heavy atom. The molecule has 2 aromatic rings. The number of hydrogen-bond acceptors (Lipinski definition) is 8. The Kier molecular flexibility index (Phi) is 6.23. The number of benzene rings is 1. The van der Waals surface area contributed by atoms with E-state index >= 15 is 0 Å². The van der Waals surface area contributed by atoms with Gasteiger partial charge in [-0.3, -0.25) is 10.00 Å². The molecule has 3 heterocycles. The zero-order valence-electron chi connectivity index (χ0n) is 17.1. The summed E-state index contributed by atoms with van der Waals surface area (Å²) in [6.07, 6.45) is 0.183. The van der Waals surface area contributed by atoms with Crippen LogP contribution in [-0.4, -0.2) is 90.8 Å². The normalized spacial score (nSPS) is 22.5. The van der Waals surface area contributed by atoms with Crippen LogP contribution in [0.15, 0.2) is 24.3 Å². The fourth-order valence-corrected chi connectivity index (χ4v) is 8.57. The number of methoxy groups -OCH3 is 1. The summed E-state index contributed by atoms with van der Waals surface area (Å²) in [7, 11) is -5.24. The van der Waals surface area contributed by atoms with Crippen molar-refractivity contribution in [2.45, 2.75) is 18.3 Å². The van der Waals surface area contributed by atoms with Gasteiger partial charge < -0.3 is 4.74 Å². The predicted molar refractivity (Wildman–Crippen MR) is 119 cm³/mol. The van der Waals surface area contributed by atoms with E-state index in [1.165, 1.54) is 4.31 Å². The van der Waals surface area contributed by atoms with E-state index in [9.17, 15) is 16.8 Å². The molecule has 2 fully saturated rings. The minimum atomic E-state index is -3.61. The van der Waals surface area contributed by atoms with Gasteiger partial charge in [-0.1, -0.05) is 0 Å². The van der Waals surface area contributed by atoms with E-state index in [4.69, 9.17) is 17.0 Å². The maximum absolute atomic E-state index is 12.8. The number of nitrogens with zero attached hydrogens (tertiary/aromatic N) is 4. The third kappa shape index (κ3) is 4.85. The van der Waals surface area contributed by atoms with Gasteiger partial charge in [0.25, 0.3) is 0 Å². The van der Waals surface area contributed by atoms with Crippen molar-refractivity contribution in [3.63, 3.8) is 0 Å². The van der Waals surface area contributed by atoms with Gasteiger partial charge in [0.05, 0.1) is 30.5 Å². The number of piperazine rings is 1. The van der Waals surface area contributed by atoms with E-state index in [0.29, 0.717) is 43.4 Å². The Labute approximate surface area is 186 Å².